The van der Waals surface area contributed by atoms with Gasteiger partial charge in [0.05, 0.1) is 12.9 Å². The van der Waals surface area contributed by atoms with Crippen LogP contribution in [0, 0.1) is 11.8 Å². The van der Waals surface area contributed by atoms with E-state index in [0.717, 1.165) is 12.5 Å². The second kappa shape index (κ2) is 8.45. The Morgan fingerprint density at radius 2 is 1.79 bits per heavy atom. The fourth-order valence-electron chi connectivity index (χ4n) is 3.28. The molecule has 108 valence electrons. The summed E-state index contributed by atoms with van der Waals surface area (Å²) in [6, 6.07) is 0. The number of allylic oxidation sites excluding steroid dienone is 3. The van der Waals surface area contributed by atoms with E-state index in [-0.39, 0.29) is 0 Å². The zero-order chi connectivity index (χ0) is 13.3. The summed E-state index contributed by atoms with van der Waals surface area (Å²) in [5.74, 6) is 1.53. The van der Waals surface area contributed by atoms with Gasteiger partial charge < -0.3 is 4.74 Å². The summed E-state index contributed by atoms with van der Waals surface area (Å²) in [7, 11) is 0. The molecule has 0 spiro atoms. The van der Waals surface area contributed by atoms with Crippen LogP contribution in [-0.4, -0.2) is 6.61 Å². The Morgan fingerprint density at radius 1 is 1.05 bits per heavy atom. The Morgan fingerprint density at radius 3 is 2.42 bits per heavy atom. The van der Waals surface area contributed by atoms with Crippen LogP contribution >= 0.6 is 0 Å². The molecular weight excluding hydrogens is 232 g/mol. The second-order valence-electron chi connectivity index (χ2n) is 6.23. The lowest BCUT2D eigenvalue weighted by molar-refractivity contribution is 0.236. The van der Waals surface area contributed by atoms with Crippen molar-refractivity contribution in [1.82, 2.24) is 0 Å². The van der Waals surface area contributed by atoms with E-state index in [4.69, 9.17) is 4.74 Å². The molecule has 2 atom stereocenters. The molecular formula is C18H30O. The lowest BCUT2D eigenvalue weighted by Crippen LogP contribution is -1.95. The number of hydrogen-bond donors (Lipinski definition) is 0. The smallest absolute Gasteiger partial charge is 0.0873 e. The van der Waals surface area contributed by atoms with E-state index in [1.807, 2.05) is 0 Å². The van der Waals surface area contributed by atoms with Gasteiger partial charge in [0.15, 0.2) is 0 Å². The van der Waals surface area contributed by atoms with Crippen molar-refractivity contribution < 1.29 is 4.74 Å². The van der Waals surface area contributed by atoms with Crippen molar-refractivity contribution in [3.8, 4) is 0 Å². The molecule has 0 N–H and O–H groups in total. The number of unbranched alkanes of at least 4 members (excludes halogenated alkanes) is 7. The van der Waals surface area contributed by atoms with Crippen molar-refractivity contribution >= 4 is 0 Å². The van der Waals surface area contributed by atoms with Crippen LogP contribution < -0.4 is 0 Å². The van der Waals surface area contributed by atoms with E-state index in [1.54, 1.807) is 0 Å². The van der Waals surface area contributed by atoms with Gasteiger partial charge in [0.1, 0.15) is 0 Å². The molecule has 0 aromatic heterocycles. The third-order valence-electron chi connectivity index (χ3n) is 4.50. The van der Waals surface area contributed by atoms with Gasteiger partial charge in [0.2, 0.25) is 0 Å². The van der Waals surface area contributed by atoms with Crippen molar-refractivity contribution in [3.05, 3.63) is 24.0 Å². The number of hydrogen-bond acceptors (Lipinski definition) is 1. The maximum absolute atomic E-state index is 5.72. The highest BCUT2D eigenvalue weighted by Crippen LogP contribution is 2.42. The topological polar surface area (TPSA) is 9.23 Å². The molecule has 19 heavy (non-hydrogen) atoms. The first-order valence-electron chi connectivity index (χ1n) is 8.39. The average Bonchev–Trinajstić information content (AvgIpc) is 3.03. The molecule has 0 aromatic carbocycles. The summed E-state index contributed by atoms with van der Waals surface area (Å²) in [6.07, 6.45) is 20.4. The Kier molecular flexibility index (Phi) is 6.53. The van der Waals surface area contributed by atoms with Gasteiger partial charge in [-0.05, 0) is 30.8 Å². The minimum atomic E-state index is 0.712. The van der Waals surface area contributed by atoms with E-state index >= 15 is 0 Å². The predicted octanol–water partition coefficient (Wildman–Crippen LogP) is 5.62. The summed E-state index contributed by atoms with van der Waals surface area (Å²) in [5, 5.41) is 0. The molecule has 2 aliphatic carbocycles. The maximum Gasteiger partial charge on any atom is 0.0873 e. The molecule has 1 nitrogen and oxygen atoms in total. The highest BCUT2D eigenvalue weighted by atomic mass is 16.5. The SMILES string of the molecule is CCCCCCCCCCOC=C1CC2C=CC1C2. The van der Waals surface area contributed by atoms with Crippen LogP contribution in [-0.2, 0) is 4.74 Å². The van der Waals surface area contributed by atoms with Crippen LogP contribution in [0.25, 0.3) is 0 Å². The average molecular weight is 262 g/mol. The molecule has 0 saturated heterocycles. The van der Waals surface area contributed by atoms with E-state index in [0.29, 0.717) is 5.92 Å². The first-order valence-corrected chi connectivity index (χ1v) is 8.39. The van der Waals surface area contributed by atoms with E-state index < -0.39 is 0 Å². The molecule has 2 aliphatic rings. The Hall–Kier alpha value is -0.720. The summed E-state index contributed by atoms with van der Waals surface area (Å²) in [5.41, 5.74) is 1.53. The number of rotatable bonds is 10. The van der Waals surface area contributed by atoms with Gasteiger partial charge in [0.25, 0.3) is 0 Å². The van der Waals surface area contributed by atoms with Gasteiger partial charge in [-0.1, -0.05) is 64.0 Å². The third kappa shape index (κ3) is 5.04. The Labute approximate surface area is 119 Å². The van der Waals surface area contributed by atoms with Crippen LogP contribution in [0.1, 0.15) is 71.1 Å². The van der Waals surface area contributed by atoms with Crippen molar-refractivity contribution in [3.63, 3.8) is 0 Å². The highest BCUT2D eigenvalue weighted by molar-refractivity contribution is 5.25. The Bertz CT molecular complexity index is 303. The monoisotopic (exact) mass is 262 g/mol. The van der Waals surface area contributed by atoms with E-state index in [2.05, 4.69) is 25.3 Å². The third-order valence-corrected chi connectivity index (χ3v) is 4.50. The normalized spacial score (nSPS) is 26.5. The summed E-state index contributed by atoms with van der Waals surface area (Å²) in [6.45, 7) is 3.19. The molecule has 0 aliphatic heterocycles. The first kappa shape index (κ1) is 14.7. The van der Waals surface area contributed by atoms with Crippen LogP contribution in [0.3, 0.4) is 0 Å². The largest absolute Gasteiger partial charge is 0.501 e. The minimum Gasteiger partial charge on any atom is -0.501 e. The molecule has 1 heteroatoms. The van der Waals surface area contributed by atoms with Crippen LogP contribution in [0.2, 0.25) is 0 Å². The second-order valence-corrected chi connectivity index (χ2v) is 6.23. The van der Waals surface area contributed by atoms with Crippen molar-refractivity contribution in [2.45, 2.75) is 71.1 Å². The number of ether oxygens (including phenoxy) is 1. The predicted molar refractivity (Wildman–Crippen MR) is 82.0 cm³/mol. The fourth-order valence-corrected chi connectivity index (χ4v) is 3.28. The summed E-state index contributed by atoms with van der Waals surface area (Å²) in [4.78, 5) is 0. The minimum absolute atomic E-state index is 0.712. The molecule has 0 radical (unpaired) electrons. The van der Waals surface area contributed by atoms with Crippen molar-refractivity contribution in [2.24, 2.45) is 11.8 Å². The lowest BCUT2D eigenvalue weighted by atomic mass is 10.0. The number of fused-ring (bicyclic) bond motifs is 2. The summed E-state index contributed by atoms with van der Waals surface area (Å²) < 4.78 is 5.72. The molecule has 2 bridgehead atoms. The zero-order valence-corrected chi connectivity index (χ0v) is 12.6. The van der Waals surface area contributed by atoms with Gasteiger partial charge in [-0.2, -0.15) is 0 Å². The highest BCUT2D eigenvalue weighted by Gasteiger charge is 2.30. The Balaban J connectivity index is 1.41. The van der Waals surface area contributed by atoms with Gasteiger partial charge in [-0.15, -0.1) is 0 Å². The van der Waals surface area contributed by atoms with Gasteiger partial charge >= 0.3 is 0 Å². The van der Waals surface area contributed by atoms with Crippen LogP contribution in [0.5, 0.6) is 0 Å². The molecule has 2 unspecified atom stereocenters. The molecule has 0 heterocycles. The first-order chi connectivity index (χ1) is 9.40. The van der Waals surface area contributed by atoms with Crippen molar-refractivity contribution in [2.75, 3.05) is 6.61 Å². The molecule has 0 amide bonds. The summed E-state index contributed by atoms with van der Waals surface area (Å²) >= 11 is 0. The molecule has 2 rings (SSSR count). The standard InChI is InChI=1S/C18H30O/c1-2-3-4-5-6-7-8-9-12-19-15-18-14-16-10-11-17(18)13-16/h10-11,15-17H,2-9,12-14H2,1H3. The molecule has 1 fully saturated rings. The van der Waals surface area contributed by atoms with E-state index in [9.17, 15) is 0 Å². The molecule has 0 aromatic rings. The van der Waals surface area contributed by atoms with Gasteiger partial charge in [0, 0.05) is 5.92 Å². The van der Waals surface area contributed by atoms with Crippen LogP contribution in [0.4, 0.5) is 0 Å². The zero-order valence-electron chi connectivity index (χ0n) is 12.6. The van der Waals surface area contributed by atoms with Gasteiger partial charge in [-0.25, -0.2) is 0 Å². The van der Waals surface area contributed by atoms with Crippen LogP contribution in [0.15, 0.2) is 24.0 Å². The van der Waals surface area contributed by atoms with Crippen molar-refractivity contribution in [1.29, 1.82) is 0 Å². The lowest BCUT2D eigenvalue weighted by Gasteiger charge is -2.08. The maximum atomic E-state index is 5.72. The molecule has 1 saturated carbocycles. The fraction of sp³-hybridized carbons (Fsp3) is 0.778. The van der Waals surface area contributed by atoms with E-state index in [1.165, 1.54) is 69.8 Å². The quantitative estimate of drug-likeness (QED) is 0.282. The van der Waals surface area contributed by atoms with Gasteiger partial charge in [-0.3, -0.25) is 0 Å².